The van der Waals surface area contributed by atoms with Crippen molar-refractivity contribution in [3.05, 3.63) is 11.9 Å². The van der Waals surface area contributed by atoms with Gasteiger partial charge in [0.05, 0.1) is 11.9 Å². The average molecular weight is 179 g/mol. The molecule has 0 bridgehead atoms. The molecule has 1 aromatic rings. The van der Waals surface area contributed by atoms with E-state index in [4.69, 9.17) is 0 Å². The van der Waals surface area contributed by atoms with Gasteiger partial charge in [0.1, 0.15) is 5.78 Å². The fraction of sp³-hybridized carbons (Fsp3) is 0.667. The van der Waals surface area contributed by atoms with Gasteiger partial charge in [0, 0.05) is 25.8 Å². The number of nitrogens with zero attached hydrogens (tertiary/aromatic N) is 3. The van der Waals surface area contributed by atoms with Gasteiger partial charge in [-0.2, -0.15) is 15.0 Å². The van der Waals surface area contributed by atoms with Crippen LogP contribution in [0.25, 0.3) is 0 Å². The van der Waals surface area contributed by atoms with Crippen molar-refractivity contribution in [3.8, 4) is 0 Å². The van der Waals surface area contributed by atoms with E-state index in [1.807, 2.05) is 0 Å². The van der Waals surface area contributed by atoms with Gasteiger partial charge in [-0.05, 0) is 12.8 Å². The van der Waals surface area contributed by atoms with Crippen LogP contribution in [0, 0.1) is 0 Å². The predicted octanol–water partition coefficient (Wildman–Crippen LogP) is 1.04. The first-order chi connectivity index (χ1) is 6.25. The van der Waals surface area contributed by atoms with Gasteiger partial charge < -0.3 is 0 Å². The van der Waals surface area contributed by atoms with Gasteiger partial charge in [-0.25, -0.2) is 0 Å². The van der Waals surface area contributed by atoms with Crippen molar-refractivity contribution in [1.29, 1.82) is 0 Å². The van der Waals surface area contributed by atoms with Crippen LogP contribution in [0.2, 0.25) is 0 Å². The summed E-state index contributed by atoms with van der Waals surface area (Å²) in [4.78, 5) is 12.7. The van der Waals surface area contributed by atoms with E-state index >= 15 is 0 Å². The molecular formula is C9H13N3O. The van der Waals surface area contributed by atoms with Gasteiger partial charge in [-0.15, -0.1) is 0 Å². The lowest BCUT2D eigenvalue weighted by molar-refractivity contribution is -0.120. The molecule has 1 atom stereocenters. The number of carbonyl (C=O) groups excluding carboxylic acids is 1. The third-order valence-corrected chi connectivity index (χ3v) is 2.52. The Morgan fingerprint density at radius 3 is 3.08 bits per heavy atom. The Balaban J connectivity index is 2.12. The fourth-order valence-corrected chi connectivity index (χ4v) is 1.83. The summed E-state index contributed by atoms with van der Waals surface area (Å²) in [6, 6.07) is 0. The highest BCUT2D eigenvalue weighted by atomic mass is 16.1. The third kappa shape index (κ3) is 1.76. The van der Waals surface area contributed by atoms with E-state index in [1.54, 1.807) is 18.0 Å². The summed E-state index contributed by atoms with van der Waals surface area (Å²) in [6.07, 6.45) is 5.24. The Hall–Kier alpha value is -1.19. The third-order valence-electron chi connectivity index (χ3n) is 2.52. The van der Waals surface area contributed by atoms with Crippen LogP contribution in [0.15, 0.2) is 6.20 Å². The minimum atomic E-state index is 0.315. The van der Waals surface area contributed by atoms with Crippen molar-refractivity contribution in [2.75, 3.05) is 0 Å². The maximum Gasteiger partial charge on any atom is 0.133 e. The molecule has 1 heterocycles. The van der Waals surface area contributed by atoms with Crippen molar-refractivity contribution in [2.24, 2.45) is 7.05 Å². The van der Waals surface area contributed by atoms with Crippen LogP contribution < -0.4 is 0 Å². The summed E-state index contributed by atoms with van der Waals surface area (Å²) < 4.78 is 0. The molecule has 1 unspecified atom stereocenters. The van der Waals surface area contributed by atoms with Crippen LogP contribution in [-0.2, 0) is 11.8 Å². The van der Waals surface area contributed by atoms with Gasteiger partial charge in [0.25, 0.3) is 0 Å². The maximum absolute atomic E-state index is 11.2. The van der Waals surface area contributed by atoms with E-state index in [0.29, 0.717) is 18.1 Å². The van der Waals surface area contributed by atoms with Crippen LogP contribution in [-0.4, -0.2) is 20.8 Å². The quantitative estimate of drug-likeness (QED) is 0.647. The molecule has 0 saturated heterocycles. The lowest BCUT2D eigenvalue weighted by atomic mass is 9.86. The minimum Gasteiger partial charge on any atom is -0.300 e. The number of ketones is 1. The largest absolute Gasteiger partial charge is 0.300 e. The van der Waals surface area contributed by atoms with Gasteiger partial charge >= 0.3 is 0 Å². The number of rotatable bonds is 1. The van der Waals surface area contributed by atoms with Gasteiger partial charge in [-0.1, -0.05) is 0 Å². The Bertz CT molecular complexity index is 318. The van der Waals surface area contributed by atoms with Crippen LogP contribution in [0.3, 0.4) is 0 Å². The molecule has 70 valence electrons. The first-order valence-corrected chi connectivity index (χ1v) is 4.63. The summed E-state index contributed by atoms with van der Waals surface area (Å²) >= 11 is 0. The number of aryl methyl sites for hydroxylation is 1. The Labute approximate surface area is 76.9 Å². The lowest BCUT2D eigenvalue weighted by Gasteiger charge is -2.17. The lowest BCUT2D eigenvalue weighted by Crippen LogP contribution is -2.13. The number of Topliss-reactive ketones (excluding diaryl/α,β-unsaturated/α-hetero) is 1. The molecule has 1 aliphatic rings. The van der Waals surface area contributed by atoms with E-state index in [2.05, 4.69) is 10.2 Å². The molecule has 0 amide bonds. The highest BCUT2D eigenvalue weighted by Gasteiger charge is 2.22. The molecule has 4 nitrogen and oxygen atoms in total. The van der Waals surface area contributed by atoms with E-state index in [0.717, 1.165) is 25.0 Å². The summed E-state index contributed by atoms with van der Waals surface area (Å²) in [7, 11) is 1.80. The molecule has 1 aliphatic carbocycles. The normalized spacial score (nSPS) is 23.5. The summed E-state index contributed by atoms with van der Waals surface area (Å²) in [6.45, 7) is 0. The monoisotopic (exact) mass is 179 g/mol. The second kappa shape index (κ2) is 3.28. The number of hydrogen-bond acceptors (Lipinski definition) is 3. The van der Waals surface area contributed by atoms with Crippen molar-refractivity contribution in [2.45, 2.75) is 31.6 Å². The second-order valence-corrected chi connectivity index (χ2v) is 3.59. The zero-order chi connectivity index (χ0) is 9.26. The zero-order valence-electron chi connectivity index (χ0n) is 7.73. The van der Waals surface area contributed by atoms with Crippen molar-refractivity contribution in [3.63, 3.8) is 0 Å². The first kappa shape index (κ1) is 8.41. The van der Waals surface area contributed by atoms with Crippen LogP contribution >= 0.6 is 0 Å². The highest BCUT2D eigenvalue weighted by molar-refractivity contribution is 5.79. The molecule has 1 saturated carbocycles. The summed E-state index contributed by atoms with van der Waals surface area (Å²) in [5, 5.41) is 8.23. The standard InChI is InChI=1S/C9H13N3O/c1-12-10-6-9(11-12)7-3-2-4-8(13)5-7/h6-7H,2-5H2,1H3. The van der Waals surface area contributed by atoms with Crippen molar-refractivity contribution in [1.82, 2.24) is 15.0 Å². The SMILES string of the molecule is Cn1ncc(C2CCCC(=O)C2)n1. The molecular weight excluding hydrogens is 166 g/mol. The molecule has 0 aromatic carbocycles. The Morgan fingerprint density at radius 1 is 1.62 bits per heavy atom. The summed E-state index contributed by atoms with van der Waals surface area (Å²) in [5.74, 6) is 0.678. The average Bonchev–Trinajstić information content (AvgIpc) is 2.52. The number of hydrogen-bond donors (Lipinski definition) is 0. The molecule has 1 aromatic heterocycles. The smallest absolute Gasteiger partial charge is 0.133 e. The van der Waals surface area contributed by atoms with Crippen molar-refractivity contribution >= 4 is 5.78 Å². The molecule has 2 rings (SSSR count). The van der Waals surface area contributed by atoms with E-state index < -0.39 is 0 Å². The molecule has 1 fully saturated rings. The van der Waals surface area contributed by atoms with Gasteiger partial charge in [-0.3, -0.25) is 4.79 Å². The minimum absolute atomic E-state index is 0.315. The number of carbonyl (C=O) groups is 1. The van der Waals surface area contributed by atoms with E-state index in [9.17, 15) is 4.79 Å². The Kier molecular flexibility index (Phi) is 2.12. The fourth-order valence-electron chi connectivity index (χ4n) is 1.83. The van der Waals surface area contributed by atoms with Gasteiger partial charge in [0.2, 0.25) is 0 Å². The summed E-state index contributed by atoms with van der Waals surface area (Å²) in [5.41, 5.74) is 0.968. The molecule has 0 aliphatic heterocycles. The highest BCUT2D eigenvalue weighted by Crippen LogP contribution is 2.28. The first-order valence-electron chi connectivity index (χ1n) is 4.63. The molecule has 13 heavy (non-hydrogen) atoms. The molecule has 4 heteroatoms. The maximum atomic E-state index is 11.2. The van der Waals surface area contributed by atoms with E-state index in [-0.39, 0.29) is 0 Å². The molecule has 0 radical (unpaired) electrons. The van der Waals surface area contributed by atoms with Crippen LogP contribution in [0.5, 0.6) is 0 Å². The van der Waals surface area contributed by atoms with Crippen molar-refractivity contribution < 1.29 is 4.79 Å². The molecule has 0 spiro atoms. The number of aromatic nitrogens is 3. The van der Waals surface area contributed by atoms with Crippen LogP contribution in [0.1, 0.15) is 37.3 Å². The second-order valence-electron chi connectivity index (χ2n) is 3.59. The van der Waals surface area contributed by atoms with Gasteiger partial charge in [0.15, 0.2) is 0 Å². The predicted molar refractivity (Wildman–Crippen MR) is 47.2 cm³/mol. The molecule has 0 N–H and O–H groups in total. The van der Waals surface area contributed by atoms with Crippen LogP contribution in [0.4, 0.5) is 0 Å². The Morgan fingerprint density at radius 2 is 2.46 bits per heavy atom. The topological polar surface area (TPSA) is 47.8 Å². The van der Waals surface area contributed by atoms with E-state index in [1.165, 1.54) is 0 Å². The zero-order valence-corrected chi connectivity index (χ0v) is 7.73.